The Hall–Kier alpha value is -3.10. The van der Waals surface area contributed by atoms with Crippen LogP contribution in [0.5, 0.6) is 5.75 Å². The van der Waals surface area contributed by atoms with Gasteiger partial charge in [-0.25, -0.2) is 0 Å². The Balaban J connectivity index is 1.30. The number of nitrogens with zero attached hydrogens (tertiary/aromatic N) is 2. The van der Waals surface area contributed by atoms with Gasteiger partial charge in [0.05, 0.1) is 25.8 Å². The second-order valence-corrected chi connectivity index (χ2v) is 9.52. The van der Waals surface area contributed by atoms with E-state index in [1.165, 1.54) is 5.56 Å². The molecule has 2 saturated heterocycles. The first-order chi connectivity index (χ1) is 16.9. The molecule has 5 rings (SSSR count). The van der Waals surface area contributed by atoms with Crippen LogP contribution in [0.15, 0.2) is 36.4 Å². The number of morpholine rings is 1. The highest BCUT2D eigenvalue weighted by molar-refractivity contribution is 6.34. The molecule has 2 aromatic rings. The van der Waals surface area contributed by atoms with E-state index in [0.717, 1.165) is 49.4 Å². The van der Waals surface area contributed by atoms with Gasteiger partial charge in [0.2, 0.25) is 11.8 Å². The van der Waals surface area contributed by atoms with Crippen molar-refractivity contribution in [3.63, 3.8) is 0 Å². The van der Waals surface area contributed by atoms with Crippen LogP contribution in [0, 0.1) is 0 Å². The van der Waals surface area contributed by atoms with Gasteiger partial charge in [0.25, 0.3) is 5.91 Å². The van der Waals surface area contributed by atoms with Gasteiger partial charge in [-0.2, -0.15) is 0 Å². The number of carbonyl (C=O) groups is 3. The van der Waals surface area contributed by atoms with Crippen molar-refractivity contribution in [3.05, 3.63) is 58.7 Å². The van der Waals surface area contributed by atoms with Crippen LogP contribution in [0.25, 0.3) is 0 Å². The fraction of sp³-hybridized carbons (Fsp3) is 0.400. The maximum atomic E-state index is 13.1. The molecular weight excluding hydrogens is 444 g/mol. The van der Waals surface area contributed by atoms with Crippen LogP contribution in [0.3, 0.4) is 0 Å². The number of hydrogen-bond acceptors (Lipinski definition) is 6. The molecule has 0 aromatic heterocycles. The number of hydrogen-bond donors (Lipinski definition) is 1. The number of piperidine rings is 1. The Bertz CT molecular complexity index is 1170. The Morgan fingerprint density at radius 1 is 1.14 bits per heavy atom. The van der Waals surface area contributed by atoms with E-state index in [-0.39, 0.29) is 24.2 Å². The summed E-state index contributed by atoms with van der Waals surface area (Å²) in [5, 5.41) is 2.35. The fourth-order valence-electron chi connectivity index (χ4n) is 5.23. The predicted molar refractivity (Wildman–Crippen MR) is 135 cm³/mol. The van der Waals surface area contributed by atoms with Crippen molar-refractivity contribution in [1.82, 2.24) is 15.1 Å². The number of benzene rings is 2. The van der Waals surface area contributed by atoms with Crippen LogP contribution in [0.1, 0.15) is 45.9 Å². The van der Waals surface area contributed by atoms with E-state index in [1.807, 2.05) is 20.0 Å². The number of nitrogens with one attached hydrogen (secondary N) is 1. The topological polar surface area (TPSA) is 88.2 Å². The lowest BCUT2D eigenvalue weighted by molar-refractivity contribution is -0.136. The van der Waals surface area contributed by atoms with E-state index < -0.39 is 11.9 Å². The SMILES string of the molecule is Bc1cc(CN2CCOCC2)ccc1C(B)Oc1cccc2c1CN(C1CCC(=O)NC1=O)C2=O. The van der Waals surface area contributed by atoms with E-state index >= 15 is 0 Å². The molecule has 8 nitrogen and oxygen atoms in total. The molecule has 3 amide bonds. The summed E-state index contributed by atoms with van der Waals surface area (Å²) in [5.74, 6) is -0.253. The summed E-state index contributed by atoms with van der Waals surface area (Å²) in [7, 11) is 4.11. The quantitative estimate of drug-likeness (QED) is 0.439. The first-order valence-electron chi connectivity index (χ1n) is 12.2. The van der Waals surface area contributed by atoms with Crippen LogP contribution in [0.4, 0.5) is 0 Å². The lowest BCUT2D eigenvalue weighted by Crippen LogP contribution is -2.52. The summed E-state index contributed by atoms with van der Waals surface area (Å²) < 4.78 is 11.8. The van der Waals surface area contributed by atoms with E-state index in [9.17, 15) is 14.4 Å². The van der Waals surface area contributed by atoms with Gasteiger partial charge in [0, 0.05) is 37.2 Å². The third-order valence-electron chi connectivity index (χ3n) is 7.12. The Labute approximate surface area is 206 Å². The molecule has 3 aliphatic rings. The first kappa shape index (κ1) is 23.6. The van der Waals surface area contributed by atoms with Crippen LogP contribution in [-0.2, 0) is 27.4 Å². The van der Waals surface area contributed by atoms with Crippen molar-refractivity contribution in [2.24, 2.45) is 0 Å². The van der Waals surface area contributed by atoms with E-state index in [0.29, 0.717) is 24.3 Å². The van der Waals surface area contributed by atoms with Crippen molar-refractivity contribution >= 4 is 38.9 Å². The predicted octanol–water partition coefficient (Wildman–Crippen LogP) is -0.751. The average Bonchev–Trinajstić information content (AvgIpc) is 3.17. The largest absolute Gasteiger partial charge is 0.495 e. The lowest BCUT2D eigenvalue weighted by atomic mass is 9.80. The molecule has 35 heavy (non-hydrogen) atoms. The summed E-state index contributed by atoms with van der Waals surface area (Å²) in [6.07, 6.45) is 0.574. The zero-order valence-corrected chi connectivity index (χ0v) is 20.2. The molecule has 10 heteroatoms. The van der Waals surface area contributed by atoms with E-state index in [2.05, 4.69) is 36.3 Å². The molecule has 0 bridgehead atoms. The molecule has 2 atom stereocenters. The standard InChI is InChI=1S/C25H29B2N3O5/c26-19-12-15(13-29-8-10-34-11-9-29)4-5-17(19)23(27)35-21-3-1-2-16-18(21)14-30(25(16)33)20-6-7-22(31)28-24(20)32/h1-5,12,20,23H,6-11,13-14,26-27H2,(H,28,31,32). The normalized spacial score (nSPS) is 21.5. The van der Waals surface area contributed by atoms with Crippen LogP contribution >= 0.6 is 0 Å². The summed E-state index contributed by atoms with van der Waals surface area (Å²) >= 11 is 0. The van der Waals surface area contributed by atoms with Crippen LogP contribution in [-0.4, -0.2) is 75.6 Å². The Morgan fingerprint density at radius 2 is 1.94 bits per heavy atom. The van der Waals surface area contributed by atoms with Gasteiger partial charge in [0.1, 0.15) is 19.6 Å². The van der Waals surface area contributed by atoms with E-state index in [4.69, 9.17) is 9.47 Å². The van der Waals surface area contributed by atoms with Crippen LogP contribution in [0.2, 0.25) is 0 Å². The summed E-state index contributed by atoms with van der Waals surface area (Å²) in [6.45, 7) is 4.67. The first-order valence-corrected chi connectivity index (χ1v) is 12.2. The minimum absolute atomic E-state index is 0.198. The van der Waals surface area contributed by atoms with Gasteiger partial charge < -0.3 is 14.4 Å². The highest BCUT2D eigenvalue weighted by Crippen LogP contribution is 2.35. The van der Waals surface area contributed by atoms with Crippen LogP contribution < -0.4 is 15.5 Å². The van der Waals surface area contributed by atoms with Crippen molar-refractivity contribution in [3.8, 4) is 5.75 Å². The maximum absolute atomic E-state index is 13.1. The number of fused-ring (bicyclic) bond motifs is 1. The van der Waals surface area contributed by atoms with Gasteiger partial charge >= 0.3 is 0 Å². The number of imide groups is 1. The number of ether oxygens (including phenoxy) is 2. The highest BCUT2D eigenvalue weighted by Gasteiger charge is 2.40. The molecule has 0 radical (unpaired) electrons. The second-order valence-electron chi connectivity index (χ2n) is 9.52. The molecule has 2 fully saturated rings. The molecule has 0 aliphatic carbocycles. The smallest absolute Gasteiger partial charge is 0.255 e. The van der Waals surface area contributed by atoms with Crippen molar-refractivity contribution in [2.75, 3.05) is 26.3 Å². The molecule has 0 saturated carbocycles. The summed E-state index contributed by atoms with van der Waals surface area (Å²) in [5.41, 5.74) is 4.87. The minimum atomic E-state index is -0.640. The van der Waals surface area contributed by atoms with Gasteiger partial charge in [-0.15, -0.1) is 0 Å². The van der Waals surface area contributed by atoms with Crippen molar-refractivity contribution in [2.45, 2.75) is 38.0 Å². The van der Waals surface area contributed by atoms with Gasteiger partial charge in [-0.1, -0.05) is 29.7 Å². The molecular formula is C25H29B2N3O5. The zero-order valence-electron chi connectivity index (χ0n) is 20.2. The average molecular weight is 473 g/mol. The molecule has 180 valence electrons. The molecule has 3 aliphatic heterocycles. The molecule has 2 aromatic carbocycles. The Morgan fingerprint density at radius 3 is 2.69 bits per heavy atom. The Kier molecular flexibility index (Phi) is 6.67. The highest BCUT2D eigenvalue weighted by atomic mass is 16.5. The van der Waals surface area contributed by atoms with Gasteiger partial charge in [0.15, 0.2) is 7.85 Å². The van der Waals surface area contributed by atoms with E-state index in [1.54, 1.807) is 11.0 Å². The number of carbonyl (C=O) groups excluding carboxylic acids is 3. The minimum Gasteiger partial charge on any atom is -0.495 e. The third-order valence-corrected chi connectivity index (χ3v) is 7.12. The van der Waals surface area contributed by atoms with Crippen molar-refractivity contribution < 1.29 is 23.9 Å². The lowest BCUT2D eigenvalue weighted by Gasteiger charge is -2.29. The monoisotopic (exact) mass is 473 g/mol. The molecule has 0 spiro atoms. The van der Waals surface area contributed by atoms with Gasteiger partial charge in [-0.3, -0.25) is 24.6 Å². The molecule has 3 heterocycles. The van der Waals surface area contributed by atoms with Gasteiger partial charge in [-0.05, 0) is 29.7 Å². The fourth-order valence-corrected chi connectivity index (χ4v) is 5.23. The summed E-state index contributed by atoms with van der Waals surface area (Å²) in [6, 6.07) is 11.1. The molecule has 1 N–H and O–H groups in total. The zero-order chi connectivity index (χ0) is 24.5. The third kappa shape index (κ3) is 4.86. The number of amides is 3. The summed E-state index contributed by atoms with van der Waals surface area (Å²) in [4.78, 5) is 40.9. The maximum Gasteiger partial charge on any atom is 0.255 e. The van der Waals surface area contributed by atoms with Crippen molar-refractivity contribution in [1.29, 1.82) is 0 Å². The second kappa shape index (κ2) is 9.87. The molecule has 2 unspecified atom stereocenters. The number of rotatable bonds is 6.